The predicted octanol–water partition coefficient (Wildman–Crippen LogP) is 0.922. The average Bonchev–Trinajstić information content (AvgIpc) is 2.36. The Balaban J connectivity index is 3.49. The average molecular weight is 281 g/mol. The van der Waals surface area contributed by atoms with Crippen LogP contribution in [-0.2, 0) is 4.79 Å². The molecule has 0 spiro atoms. The minimum absolute atomic E-state index is 0.120. The number of pyridine rings is 1. The summed E-state index contributed by atoms with van der Waals surface area (Å²) in [5.41, 5.74) is 5.36. The molecule has 6 nitrogen and oxygen atoms in total. The van der Waals surface area contributed by atoms with Gasteiger partial charge in [-0.2, -0.15) is 5.26 Å². The molecule has 1 rings (SSSR count). The molecule has 0 saturated heterocycles. The Morgan fingerprint density at radius 3 is 2.79 bits per heavy atom. The van der Waals surface area contributed by atoms with Gasteiger partial charge in [0.1, 0.15) is 22.6 Å². The first kappa shape index (κ1) is 15.0. The highest BCUT2D eigenvalue weighted by Gasteiger charge is 2.17. The molecule has 0 fully saturated rings. The molecular formula is C12H13ClN4O2. The minimum Gasteiger partial charge on any atom is -0.392 e. The molecule has 4 N–H and O–H groups in total. The van der Waals surface area contributed by atoms with Crippen LogP contribution in [-0.4, -0.2) is 29.1 Å². The van der Waals surface area contributed by atoms with Crippen LogP contribution in [0.2, 0.25) is 5.15 Å². The van der Waals surface area contributed by atoms with E-state index in [1.54, 1.807) is 12.1 Å². The second-order valence-electron chi connectivity index (χ2n) is 3.55. The van der Waals surface area contributed by atoms with Gasteiger partial charge in [0.15, 0.2) is 0 Å². The predicted molar refractivity (Wildman–Crippen MR) is 72.2 cm³/mol. The molecule has 19 heavy (non-hydrogen) atoms. The lowest BCUT2D eigenvalue weighted by atomic mass is 10.0. The third kappa shape index (κ3) is 3.44. The van der Waals surface area contributed by atoms with E-state index in [1.807, 2.05) is 6.92 Å². The van der Waals surface area contributed by atoms with Gasteiger partial charge in [-0.25, -0.2) is 4.98 Å². The number of aliphatic hydroxyl groups is 1. The summed E-state index contributed by atoms with van der Waals surface area (Å²) in [5, 5.41) is 21.5. The van der Waals surface area contributed by atoms with Crippen molar-refractivity contribution >= 4 is 28.9 Å². The van der Waals surface area contributed by atoms with Gasteiger partial charge in [-0.3, -0.25) is 4.79 Å². The van der Waals surface area contributed by atoms with Gasteiger partial charge in [0.25, 0.3) is 5.91 Å². The van der Waals surface area contributed by atoms with Crippen LogP contribution in [0.3, 0.4) is 0 Å². The summed E-state index contributed by atoms with van der Waals surface area (Å²) in [7, 11) is 0. The number of carbonyl (C=O) groups excluding carboxylic acids is 1. The third-order valence-corrected chi connectivity index (χ3v) is 2.56. The number of halogens is 1. The van der Waals surface area contributed by atoms with Crippen molar-refractivity contribution in [3.63, 3.8) is 0 Å². The fourth-order valence-corrected chi connectivity index (χ4v) is 1.70. The zero-order chi connectivity index (χ0) is 14.4. The van der Waals surface area contributed by atoms with Crippen LogP contribution < -0.4 is 11.1 Å². The molecule has 1 aromatic heterocycles. The highest BCUT2D eigenvalue weighted by Crippen LogP contribution is 2.26. The van der Waals surface area contributed by atoms with E-state index in [4.69, 9.17) is 22.6 Å². The third-order valence-electron chi connectivity index (χ3n) is 2.35. The number of aliphatic hydroxyl groups excluding tert-OH is 1. The lowest BCUT2D eigenvalue weighted by Crippen LogP contribution is -2.16. The lowest BCUT2D eigenvalue weighted by molar-refractivity contribution is -0.114. The fourth-order valence-electron chi connectivity index (χ4n) is 1.55. The standard InChI is InChI=1S/C12H13ClN4O2/c1-2-16-12-7(3-4-10(13)17-12)9(6-18)8(5-14)11(15)19/h3-4,18H,2,6H2,1H3,(H2,15,19)(H,16,17). The van der Waals surface area contributed by atoms with Gasteiger partial charge < -0.3 is 16.2 Å². The van der Waals surface area contributed by atoms with Crippen molar-refractivity contribution in [1.82, 2.24) is 4.98 Å². The molecule has 100 valence electrons. The molecule has 7 heteroatoms. The molecule has 0 aliphatic heterocycles. The fraction of sp³-hybridized carbons (Fsp3) is 0.250. The van der Waals surface area contributed by atoms with E-state index in [9.17, 15) is 9.90 Å². The summed E-state index contributed by atoms with van der Waals surface area (Å²) in [6.07, 6.45) is 0. The lowest BCUT2D eigenvalue weighted by Gasteiger charge is -2.12. The van der Waals surface area contributed by atoms with Gasteiger partial charge in [0.05, 0.1) is 6.61 Å². The first-order valence-electron chi connectivity index (χ1n) is 5.49. The minimum atomic E-state index is -0.899. The molecule has 1 aromatic rings. The molecule has 0 aliphatic rings. The number of primary amides is 1. The van der Waals surface area contributed by atoms with Gasteiger partial charge in [-0.15, -0.1) is 0 Å². The van der Waals surface area contributed by atoms with E-state index >= 15 is 0 Å². The quantitative estimate of drug-likeness (QED) is 0.422. The van der Waals surface area contributed by atoms with E-state index in [-0.39, 0.29) is 16.3 Å². The SMILES string of the molecule is CCNc1nc(Cl)ccc1C(CO)=C(C#N)C(N)=O. The summed E-state index contributed by atoms with van der Waals surface area (Å²) in [6, 6.07) is 4.76. The maximum atomic E-state index is 11.2. The summed E-state index contributed by atoms with van der Waals surface area (Å²) in [6.45, 7) is 1.92. The molecule has 0 atom stereocenters. The zero-order valence-corrected chi connectivity index (χ0v) is 11.0. The number of nitrogens with zero attached hydrogens (tertiary/aromatic N) is 2. The topological polar surface area (TPSA) is 112 Å². The van der Waals surface area contributed by atoms with Gasteiger partial charge in [0.2, 0.25) is 0 Å². The van der Waals surface area contributed by atoms with E-state index in [0.717, 1.165) is 0 Å². The van der Waals surface area contributed by atoms with Crippen LogP contribution >= 0.6 is 11.6 Å². The maximum Gasteiger partial charge on any atom is 0.259 e. The highest BCUT2D eigenvalue weighted by molar-refractivity contribution is 6.29. The summed E-state index contributed by atoms with van der Waals surface area (Å²) < 4.78 is 0. The number of rotatable bonds is 5. The Kier molecular flexibility index (Phi) is 5.30. The number of nitrogens with one attached hydrogen (secondary N) is 1. The number of amides is 1. The van der Waals surface area contributed by atoms with Gasteiger partial charge in [-0.05, 0) is 19.1 Å². The molecule has 0 aromatic carbocycles. The largest absolute Gasteiger partial charge is 0.392 e. The van der Waals surface area contributed by atoms with Gasteiger partial charge >= 0.3 is 0 Å². The molecular weight excluding hydrogens is 268 g/mol. The van der Waals surface area contributed by atoms with Crippen molar-refractivity contribution in [3.8, 4) is 6.07 Å². The molecule has 0 radical (unpaired) electrons. The first-order valence-corrected chi connectivity index (χ1v) is 5.87. The van der Waals surface area contributed by atoms with E-state index < -0.39 is 12.5 Å². The smallest absolute Gasteiger partial charge is 0.259 e. The van der Waals surface area contributed by atoms with Crippen molar-refractivity contribution in [2.75, 3.05) is 18.5 Å². The Morgan fingerprint density at radius 2 is 2.32 bits per heavy atom. The van der Waals surface area contributed by atoms with Crippen molar-refractivity contribution in [2.24, 2.45) is 5.73 Å². The molecule has 1 heterocycles. The molecule has 0 saturated carbocycles. The Hall–Kier alpha value is -2.10. The van der Waals surface area contributed by atoms with E-state index in [2.05, 4.69) is 10.3 Å². The van der Waals surface area contributed by atoms with Crippen LogP contribution in [0.1, 0.15) is 12.5 Å². The van der Waals surface area contributed by atoms with Crippen LogP contribution in [0.15, 0.2) is 17.7 Å². The Labute approximate surface area is 115 Å². The van der Waals surface area contributed by atoms with Crippen LogP contribution in [0.25, 0.3) is 5.57 Å². The zero-order valence-electron chi connectivity index (χ0n) is 10.3. The Bertz CT molecular complexity index is 563. The number of nitriles is 1. The normalized spacial score (nSPS) is 11.5. The number of aromatic nitrogens is 1. The number of nitrogens with two attached hydrogens (primary N) is 1. The van der Waals surface area contributed by atoms with E-state index in [0.29, 0.717) is 17.9 Å². The summed E-state index contributed by atoms with van der Waals surface area (Å²) in [5.74, 6) is -0.517. The second-order valence-corrected chi connectivity index (χ2v) is 3.94. The van der Waals surface area contributed by atoms with Crippen LogP contribution in [0, 0.1) is 11.3 Å². The van der Waals surface area contributed by atoms with Crippen LogP contribution in [0.5, 0.6) is 0 Å². The van der Waals surface area contributed by atoms with Crippen molar-refractivity contribution in [3.05, 3.63) is 28.4 Å². The van der Waals surface area contributed by atoms with Gasteiger partial charge in [0, 0.05) is 17.7 Å². The van der Waals surface area contributed by atoms with Crippen molar-refractivity contribution in [2.45, 2.75) is 6.92 Å². The maximum absolute atomic E-state index is 11.2. The monoisotopic (exact) mass is 280 g/mol. The van der Waals surface area contributed by atoms with Crippen molar-refractivity contribution in [1.29, 1.82) is 5.26 Å². The van der Waals surface area contributed by atoms with Crippen LogP contribution in [0.4, 0.5) is 5.82 Å². The summed E-state index contributed by atoms with van der Waals surface area (Å²) in [4.78, 5) is 15.3. The molecule has 0 unspecified atom stereocenters. The highest BCUT2D eigenvalue weighted by atomic mass is 35.5. The number of carbonyl (C=O) groups is 1. The number of anilines is 1. The molecule has 0 aliphatic carbocycles. The van der Waals surface area contributed by atoms with Gasteiger partial charge in [-0.1, -0.05) is 11.6 Å². The summed E-state index contributed by atoms with van der Waals surface area (Å²) >= 11 is 5.79. The Morgan fingerprint density at radius 1 is 1.63 bits per heavy atom. The first-order chi connectivity index (χ1) is 9.04. The van der Waals surface area contributed by atoms with E-state index in [1.165, 1.54) is 6.07 Å². The second kappa shape index (κ2) is 6.73. The number of hydrogen-bond donors (Lipinski definition) is 3. The number of hydrogen-bond acceptors (Lipinski definition) is 5. The molecule has 0 bridgehead atoms. The van der Waals surface area contributed by atoms with Crippen molar-refractivity contribution < 1.29 is 9.90 Å². The molecule has 1 amide bonds.